The van der Waals surface area contributed by atoms with E-state index < -0.39 is 11.9 Å². The average molecular weight is 132 g/mol. The molecule has 5 heteroatoms. The van der Waals surface area contributed by atoms with Gasteiger partial charge in [0.05, 0.1) is 11.9 Å². The Labute approximate surface area is 51.3 Å². The van der Waals surface area contributed by atoms with Crippen molar-refractivity contribution in [3.05, 3.63) is 0 Å². The highest BCUT2D eigenvalue weighted by atomic mass is 16.4. The summed E-state index contributed by atoms with van der Waals surface area (Å²) in [6.45, 7) is -0.679. The van der Waals surface area contributed by atoms with Crippen molar-refractivity contribution in [3.63, 3.8) is 0 Å². The van der Waals surface area contributed by atoms with Crippen LogP contribution in [0.4, 0.5) is 0 Å². The largest absolute Gasteiger partial charge is 0.544 e. The molecule has 0 fully saturated rings. The van der Waals surface area contributed by atoms with E-state index in [1.807, 2.05) is 0 Å². The number of carboxylic acids is 2. The van der Waals surface area contributed by atoms with Gasteiger partial charge in [0.2, 0.25) is 0 Å². The van der Waals surface area contributed by atoms with E-state index in [4.69, 9.17) is 0 Å². The third kappa shape index (κ3) is 6.90. The van der Waals surface area contributed by atoms with Gasteiger partial charge >= 0.3 is 0 Å². The van der Waals surface area contributed by atoms with Crippen molar-refractivity contribution in [1.82, 2.24) is 0 Å². The van der Waals surface area contributed by atoms with Crippen LogP contribution < -0.4 is 15.5 Å². The van der Waals surface area contributed by atoms with E-state index in [0.717, 1.165) is 5.32 Å². The molecule has 0 amide bonds. The maximum atomic E-state index is 9.63. The van der Waals surface area contributed by atoms with Crippen molar-refractivity contribution >= 4 is 11.9 Å². The fourth-order valence-electron chi connectivity index (χ4n) is 0.308. The zero-order chi connectivity index (χ0) is 7.28. The quantitative estimate of drug-likeness (QED) is 0.414. The van der Waals surface area contributed by atoms with Gasteiger partial charge in [0.1, 0.15) is 13.1 Å². The first-order chi connectivity index (χ1) is 4.13. The Hall–Kier alpha value is -1.10. The molecule has 0 atom stereocenters. The normalized spacial score (nSPS) is 8.89. The third-order valence-corrected chi connectivity index (χ3v) is 0.622. The van der Waals surface area contributed by atoms with Gasteiger partial charge in [0.25, 0.3) is 0 Å². The molecule has 0 radical (unpaired) electrons. The molecule has 0 aliphatic rings. The van der Waals surface area contributed by atoms with Crippen LogP contribution >= 0.6 is 0 Å². The highest BCUT2D eigenvalue weighted by Gasteiger charge is 1.88. The van der Waals surface area contributed by atoms with E-state index >= 15 is 0 Å². The van der Waals surface area contributed by atoms with Crippen LogP contribution in [0.1, 0.15) is 0 Å². The van der Waals surface area contributed by atoms with Crippen LogP contribution in [0.2, 0.25) is 0 Å². The molecule has 0 aromatic carbocycles. The molecule has 0 unspecified atom stereocenters. The summed E-state index contributed by atoms with van der Waals surface area (Å²) in [5.74, 6) is -2.56. The van der Waals surface area contributed by atoms with Gasteiger partial charge in [0, 0.05) is 0 Å². The molecule has 2 N–H and O–H groups in total. The summed E-state index contributed by atoms with van der Waals surface area (Å²) in [5, 5.41) is 20.3. The fraction of sp³-hybridized carbons (Fsp3) is 0.500. The summed E-state index contributed by atoms with van der Waals surface area (Å²) < 4.78 is 0. The number of carbonyl (C=O) groups is 2. The predicted molar refractivity (Wildman–Crippen MR) is 21.7 cm³/mol. The number of hydrogen-bond acceptors (Lipinski definition) is 4. The number of carboxylic acid groups (broad SMARTS) is 2. The zero-order valence-corrected chi connectivity index (χ0v) is 4.62. The van der Waals surface area contributed by atoms with Crippen LogP contribution in [0.5, 0.6) is 0 Å². The molecule has 0 aromatic rings. The summed E-state index contributed by atoms with van der Waals surface area (Å²) in [5.41, 5.74) is 0. The summed E-state index contributed by atoms with van der Waals surface area (Å²) in [4.78, 5) is 19.3. The Morgan fingerprint density at radius 3 is 1.67 bits per heavy atom. The van der Waals surface area contributed by atoms with Gasteiger partial charge in [-0.15, -0.1) is 0 Å². The van der Waals surface area contributed by atoms with E-state index in [9.17, 15) is 19.8 Å². The van der Waals surface area contributed by atoms with E-state index in [1.165, 1.54) is 0 Å². The molecule has 0 aliphatic heterocycles. The monoisotopic (exact) mass is 132 g/mol. The third-order valence-electron chi connectivity index (χ3n) is 0.622. The van der Waals surface area contributed by atoms with E-state index in [-0.39, 0.29) is 13.1 Å². The second-order valence-corrected chi connectivity index (χ2v) is 1.44. The summed E-state index contributed by atoms with van der Waals surface area (Å²) in [6, 6.07) is 0. The number of aliphatic carboxylic acids is 2. The number of quaternary nitrogens is 1. The molecule has 5 nitrogen and oxygen atoms in total. The molecular weight excluding hydrogens is 126 g/mol. The highest BCUT2D eigenvalue weighted by molar-refractivity contribution is 5.67. The first-order valence-corrected chi connectivity index (χ1v) is 2.34. The summed E-state index contributed by atoms with van der Waals surface area (Å²) >= 11 is 0. The first-order valence-electron chi connectivity index (χ1n) is 2.34. The van der Waals surface area contributed by atoms with Crippen LogP contribution in [0.3, 0.4) is 0 Å². The van der Waals surface area contributed by atoms with Gasteiger partial charge in [-0.3, -0.25) is 0 Å². The second-order valence-electron chi connectivity index (χ2n) is 1.44. The molecule has 0 aromatic heterocycles. The Kier molecular flexibility index (Phi) is 3.38. The number of carbonyl (C=O) groups excluding carboxylic acids is 2. The van der Waals surface area contributed by atoms with Gasteiger partial charge < -0.3 is 25.1 Å². The van der Waals surface area contributed by atoms with Gasteiger partial charge in [-0.25, -0.2) is 0 Å². The van der Waals surface area contributed by atoms with Crippen molar-refractivity contribution in [2.24, 2.45) is 0 Å². The van der Waals surface area contributed by atoms with Crippen LogP contribution in [0, 0.1) is 0 Å². The molecule has 9 heavy (non-hydrogen) atoms. The van der Waals surface area contributed by atoms with Crippen molar-refractivity contribution in [2.45, 2.75) is 0 Å². The van der Waals surface area contributed by atoms with E-state index in [2.05, 4.69) is 0 Å². The maximum absolute atomic E-state index is 9.63. The minimum atomic E-state index is -1.28. The lowest BCUT2D eigenvalue weighted by Gasteiger charge is -2.01. The van der Waals surface area contributed by atoms with Crippen LogP contribution in [0.15, 0.2) is 0 Å². The highest BCUT2D eigenvalue weighted by Crippen LogP contribution is 1.41. The average Bonchev–Trinajstić information content (AvgIpc) is 1.63. The number of hydrogen-bond donors (Lipinski definition) is 1. The smallest absolute Gasteiger partial charge is 0.116 e. The van der Waals surface area contributed by atoms with Crippen LogP contribution in [-0.4, -0.2) is 25.0 Å². The lowest BCUT2D eigenvalue weighted by molar-refractivity contribution is -0.645. The SMILES string of the molecule is O=C([O-])C[NH2+]CC(=O)[O-]. The van der Waals surface area contributed by atoms with Crippen molar-refractivity contribution < 1.29 is 25.1 Å². The molecule has 0 spiro atoms. The minimum absolute atomic E-state index is 0.339. The topological polar surface area (TPSA) is 96.9 Å². The molecule has 0 bridgehead atoms. The van der Waals surface area contributed by atoms with E-state index in [1.54, 1.807) is 0 Å². The molecule has 0 heterocycles. The summed E-state index contributed by atoms with van der Waals surface area (Å²) in [7, 11) is 0. The zero-order valence-electron chi connectivity index (χ0n) is 4.62. The molecule has 0 aliphatic carbocycles. The Morgan fingerprint density at radius 1 is 1.11 bits per heavy atom. The molecule has 0 saturated heterocycles. The predicted octanol–water partition coefficient (Wildman–Crippen LogP) is -4.95. The van der Waals surface area contributed by atoms with Crippen molar-refractivity contribution in [2.75, 3.05) is 13.1 Å². The second kappa shape index (κ2) is 3.85. The minimum Gasteiger partial charge on any atom is -0.544 e. The van der Waals surface area contributed by atoms with Gasteiger partial charge in [-0.05, 0) is 0 Å². The van der Waals surface area contributed by atoms with Gasteiger partial charge in [-0.2, -0.15) is 0 Å². The van der Waals surface area contributed by atoms with Gasteiger partial charge in [-0.1, -0.05) is 0 Å². The maximum Gasteiger partial charge on any atom is 0.116 e. The first kappa shape index (κ1) is 7.90. The summed E-state index contributed by atoms with van der Waals surface area (Å²) in [6.07, 6.45) is 0. The van der Waals surface area contributed by atoms with E-state index in [0.29, 0.717) is 0 Å². The van der Waals surface area contributed by atoms with Crippen LogP contribution in [-0.2, 0) is 9.59 Å². The number of nitrogens with two attached hydrogens (primary N) is 1. The molecule has 0 rings (SSSR count). The number of rotatable bonds is 4. The molecule has 52 valence electrons. The standard InChI is InChI=1S/C4H7NO4/c6-3(7)1-5-2-4(8)9/h5H,1-2H2,(H,6,7)(H,8,9)/p-1. The lowest BCUT2D eigenvalue weighted by atomic mass is 10.6. The van der Waals surface area contributed by atoms with Crippen molar-refractivity contribution in [1.29, 1.82) is 0 Å². The Morgan fingerprint density at radius 2 is 1.44 bits per heavy atom. The molecule has 0 saturated carbocycles. The Balaban J connectivity index is 3.10. The molecular formula is C4H6NO4-. The Bertz CT molecular complexity index is 108. The lowest BCUT2D eigenvalue weighted by Crippen LogP contribution is -2.89. The van der Waals surface area contributed by atoms with Gasteiger partial charge in [0.15, 0.2) is 0 Å². The fourth-order valence-corrected chi connectivity index (χ4v) is 0.308. The van der Waals surface area contributed by atoms with Crippen molar-refractivity contribution in [3.8, 4) is 0 Å². The van der Waals surface area contributed by atoms with Crippen LogP contribution in [0.25, 0.3) is 0 Å².